The molecular formula is C27H30F3N5O4. The van der Waals surface area contributed by atoms with Crippen LogP contribution in [0.3, 0.4) is 0 Å². The fourth-order valence-electron chi connectivity index (χ4n) is 6.68. The molecule has 1 aromatic heterocycles. The third-order valence-electron chi connectivity index (χ3n) is 8.56. The predicted octanol–water partition coefficient (Wildman–Crippen LogP) is 3.87. The first-order valence-electron chi connectivity index (χ1n) is 12.7. The number of anilines is 1. The van der Waals surface area contributed by atoms with Crippen LogP contribution in [0.1, 0.15) is 32.8 Å². The highest BCUT2D eigenvalue weighted by molar-refractivity contribution is 5.95. The topological polar surface area (TPSA) is 110 Å². The molecule has 1 aliphatic carbocycles. The predicted molar refractivity (Wildman–Crippen MR) is 135 cm³/mol. The second-order valence-electron chi connectivity index (χ2n) is 11.7. The van der Waals surface area contributed by atoms with Gasteiger partial charge in [0.15, 0.2) is 0 Å². The zero-order valence-electron chi connectivity index (χ0n) is 21.9. The highest BCUT2D eigenvalue weighted by Gasteiger charge is 2.85. The summed E-state index contributed by atoms with van der Waals surface area (Å²) in [6.07, 6.45) is -4.76. The molecule has 5 rings (SSSR count). The van der Waals surface area contributed by atoms with Gasteiger partial charge in [0.05, 0.1) is 35.4 Å². The molecule has 0 radical (unpaired) electrons. The van der Waals surface area contributed by atoms with E-state index in [1.165, 1.54) is 22.1 Å². The quantitative estimate of drug-likeness (QED) is 0.568. The molecule has 208 valence electrons. The largest absolute Gasteiger partial charge is 0.465 e. The van der Waals surface area contributed by atoms with Gasteiger partial charge in [0.25, 0.3) is 0 Å². The molecule has 1 saturated carbocycles. The molecule has 12 heteroatoms. The standard InChI is InChI=1S/C27H30F3N5O4/c1-24(2,3)22-20(35(23(37)38)9-10-39-22)12-34(16-36)26-13-25(26,27(28,29)30)14-33(15-26)19-7-6-17(11-31)21-18(19)5-4-8-32-21/h4-8,16,20,22H,9-10,12-15H2,1-3H3,(H,37,38)/t20-,22?,25?,26?/m0/s1. The van der Waals surface area contributed by atoms with Crippen LogP contribution < -0.4 is 4.90 Å². The van der Waals surface area contributed by atoms with Gasteiger partial charge in [-0.05, 0) is 36.1 Å². The van der Waals surface area contributed by atoms with Crippen molar-refractivity contribution >= 4 is 29.1 Å². The van der Waals surface area contributed by atoms with Gasteiger partial charge in [0.2, 0.25) is 6.41 Å². The van der Waals surface area contributed by atoms with Crippen molar-refractivity contribution in [2.45, 2.75) is 51.1 Å². The van der Waals surface area contributed by atoms with Gasteiger partial charge in [0.1, 0.15) is 11.5 Å². The van der Waals surface area contributed by atoms with E-state index < -0.39 is 40.8 Å². The van der Waals surface area contributed by atoms with Gasteiger partial charge in [-0.25, -0.2) is 4.79 Å². The first-order chi connectivity index (χ1) is 18.3. The van der Waals surface area contributed by atoms with Crippen molar-refractivity contribution in [3.8, 4) is 6.07 Å². The van der Waals surface area contributed by atoms with Gasteiger partial charge in [-0.3, -0.25) is 14.7 Å². The first-order valence-corrected chi connectivity index (χ1v) is 12.7. The van der Waals surface area contributed by atoms with E-state index >= 15 is 0 Å². The SMILES string of the molecule is CC(C)(C)C1OCCN(C(=O)O)[C@H]1CN(C=O)C12CN(c3ccc(C#N)c4ncccc34)CC1(C(F)(F)F)C2. The van der Waals surface area contributed by atoms with Crippen LogP contribution in [0.5, 0.6) is 0 Å². The Kier molecular flexibility index (Phi) is 6.21. The van der Waals surface area contributed by atoms with Crippen molar-refractivity contribution < 1.29 is 32.6 Å². The van der Waals surface area contributed by atoms with E-state index in [0.717, 1.165) is 0 Å². The number of fused-ring (bicyclic) bond motifs is 2. The Balaban J connectivity index is 1.54. The molecular weight excluding hydrogens is 515 g/mol. The Bertz CT molecular complexity index is 1360. The normalized spacial score (nSPS) is 28.6. The second kappa shape index (κ2) is 8.98. The van der Waals surface area contributed by atoms with E-state index in [1.54, 1.807) is 23.1 Å². The third-order valence-corrected chi connectivity index (χ3v) is 8.56. The summed E-state index contributed by atoms with van der Waals surface area (Å²) in [4.78, 5) is 32.8. The van der Waals surface area contributed by atoms with Crippen LogP contribution in [-0.4, -0.2) is 89.0 Å². The summed E-state index contributed by atoms with van der Waals surface area (Å²) in [5, 5.41) is 19.9. The third kappa shape index (κ3) is 4.06. The van der Waals surface area contributed by atoms with Crippen LogP contribution in [0.25, 0.3) is 10.9 Å². The van der Waals surface area contributed by atoms with Crippen molar-refractivity contribution in [3.05, 3.63) is 36.0 Å². The van der Waals surface area contributed by atoms with Crippen LogP contribution in [-0.2, 0) is 9.53 Å². The zero-order valence-corrected chi connectivity index (χ0v) is 21.9. The molecule has 2 amide bonds. The molecule has 3 unspecified atom stereocenters. The maximum Gasteiger partial charge on any atom is 0.407 e. The number of nitriles is 1. The number of benzene rings is 1. The number of amides is 2. The number of carboxylic acid groups (broad SMARTS) is 1. The monoisotopic (exact) mass is 545 g/mol. The van der Waals surface area contributed by atoms with E-state index in [4.69, 9.17) is 4.74 Å². The van der Waals surface area contributed by atoms with Gasteiger partial charge in [-0.1, -0.05) is 20.8 Å². The summed E-state index contributed by atoms with van der Waals surface area (Å²) in [6.45, 7) is 5.16. The molecule has 1 N–H and O–H groups in total. The zero-order chi connectivity index (χ0) is 28.4. The number of hydrogen-bond donors (Lipinski definition) is 1. The first kappa shape index (κ1) is 27.0. The van der Waals surface area contributed by atoms with Crippen LogP contribution in [0, 0.1) is 22.2 Å². The molecule has 4 atom stereocenters. The Morgan fingerprint density at radius 3 is 2.67 bits per heavy atom. The number of aromatic nitrogens is 1. The lowest BCUT2D eigenvalue weighted by Gasteiger charge is -2.47. The number of piperidine rings is 1. The number of halogens is 3. The number of rotatable bonds is 5. The van der Waals surface area contributed by atoms with Gasteiger partial charge in [0, 0.05) is 43.4 Å². The molecule has 0 bridgehead atoms. The minimum absolute atomic E-state index is 0.0625. The summed E-state index contributed by atoms with van der Waals surface area (Å²) in [5.74, 6) is 0. The number of nitrogens with zero attached hydrogens (tertiary/aromatic N) is 5. The van der Waals surface area contributed by atoms with Crippen LogP contribution in [0.15, 0.2) is 30.5 Å². The van der Waals surface area contributed by atoms with Crippen molar-refractivity contribution in [1.29, 1.82) is 5.26 Å². The van der Waals surface area contributed by atoms with Gasteiger partial charge < -0.3 is 19.6 Å². The van der Waals surface area contributed by atoms with Crippen LogP contribution >= 0.6 is 0 Å². The molecule has 39 heavy (non-hydrogen) atoms. The maximum absolute atomic E-state index is 14.7. The van der Waals surface area contributed by atoms with Crippen molar-refractivity contribution in [1.82, 2.24) is 14.8 Å². The molecule has 0 spiro atoms. The molecule has 2 aromatic rings. The average molecular weight is 546 g/mol. The maximum atomic E-state index is 14.7. The Hall–Kier alpha value is -3.59. The number of morpholine rings is 1. The highest BCUT2D eigenvalue weighted by Crippen LogP contribution is 2.71. The number of hydrogen-bond acceptors (Lipinski definition) is 6. The van der Waals surface area contributed by atoms with E-state index in [-0.39, 0.29) is 39.2 Å². The van der Waals surface area contributed by atoms with E-state index in [0.29, 0.717) is 28.6 Å². The van der Waals surface area contributed by atoms with Crippen LogP contribution in [0.2, 0.25) is 0 Å². The van der Waals surface area contributed by atoms with E-state index in [9.17, 15) is 33.1 Å². The van der Waals surface area contributed by atoms with Gasteiger partial charge >= 0.3 is 12.3 Å². The number of alkyl halides is 3. The summed E-state index contributed by atoms with van der Waals surface area (Å²) in [7, 11) is 0. The lowest BCUT2D eigenvalue weighted by Crippen LogP contribution is -2.62. The summed E-state index contributed by atoms with van der Waals surface area (Å²) < 4.78 is 50.2. The van der Waals surface area contributed by atoms with Crippen LogP contribution in [0.4, 0.5) is 23.7 Å². The number of ether oxygens (including phenoxy) is 1. The lowest BCUT2D eigenvalue weighted by molar-refractivity contribution is -0.192. The van der Waals surface area contributed by atoms with E-state index in [2.05, 4.69) is 11.1 Å². The second-order valence-corrected chi connectivity index (χ2v) is 11.7. The minimum atomic E-state index is -4.61. The molecule has 3 aliphatic rings. The molecule has 2 aliphatic heterocycles. The molecule has 3 heterocycles. The number of pyridine rings is 1. The lowest BCUT2D eigenvalue weighted by atomic mass is 9.82. The summed E-state index contributed by atoms with van der Waals surface area (Å²) in [5.41, 5.74) is -3.06. The molecule has 1 aromatic carbocycles. The average Bonchev–Trinajstić information content (AvgIpc) is 3.42. The molecule has 3 fully saturated rings. The Labute approximate surface area is 223 Å². The van der Waals surface area contributed by atoms with E-state index in [1.807, 2.05) is 20.8 Å². The minimum Gasteiger partial charge on any atom is -0.465 e. The van der Waals surface area contributed by atoms with Crippen molar-refractivity contribution in [2.24, 2.45) is 10.8 Å². The fraction of sp³-hybridized carbons (Fsp3) is 0.556. The number of carbonyl (C=O) groups excluding carboxylic acids is 1. The molecule has 2 saturated heterocycles. The Morgan fingerprint density at radius 2 is 2.05 bits per heavy atom. The summed E-state index contributed by atoms with van der Waals surface area (Å²) >= 11 is 0. The summed E-state index contributed by atoms with van der Waals surface area (Å²) in [6, 6.07) is 7.76. The molecule has 9 nitrogen and oxygen atoms in total. The fourth-order valence-corrected chi connectivity index (χ4v) is 6.68. The van der Waals surface area contributed by atoms with Gasteiger partial charge in [-0.15, -0.1) is 0 Å². The smallest absolute Gasteiger partial charge is 0.407 e. The Morgan fingerprint density at radius 1 is 1.31 bits per heavy atom. The van der Waals surface area contributed by atoms with Gasteiger partial charge in [-0.2, -0.15) is 18.4 Å². The van der Waals surface area contributed by atoms with Crippen molar-refractivity contribution in [3.63, 3.8) is 0 Å². The highest BCUT2D eigenvalue weighted by atomic mass is 19.4. The number of carbonyl (C=O) groups is 2. The van der Waals surface area contributed by atoms with Crippen molar-refractivity contribution in [2.75, 3.05) is 37.7 Å².